The molecule has 106 valence electrons. The van der Waals surface area contributed by atoms with Crippen LogP contribution in [0.25, 0.3) is 0 Å². The SMILES string of the molecule is Cl.NCC(=O)N1CCCC1CC(O)c1ccccc1. The fraction of sp³-hybridized carbons (Fsp3) is 0.500. The summed E-state index contributed by atoms with van der Waals surface area (Å²) in [6.07, 6.45) is 2.03. The maximum Gasteiger partial charge on any atom is 0.236 e. The number of rotatable bonds is 4. The highest BCUT2D eigenvalue weighted by atomic mass is 35.5. The van der Waals surface area contributed by atoms with Gasteiger partial charge >= 0.3 is 0 Å². The molecule has 1 aliphatic heterocycles. The van der Waals surface area contributed by atoms with Gasteiger partial charge in [0.05, 0.1) is 12.6 Å². The lowest BCUT2D eigenvalue weighted by atomic mass is 10.0. The monoisotopic (exact) mass is 284 g/mol. The van der Waals surface area contributed by atoms with E-state index in [-0.39, 0.29) is 30.9 Å². The molecule has 0 saturated carbocycles. The van der Waals surface area contributed by atoms with Gasteiger partial charge in [-0.2, -0.15) is 0 Å². The van der Waals surface area contributed by atoms with E-state index >= 15 is 0 Å². The highest BCUT2D eigenvalue weighted by Gasteiger charge is 2.29. The molecule has 0 aromatic heterocycles. The van der Waals surface area contributed by atoms with Crippen LogP contribution in [0, 0.1) is 0 Å². The van der Waals surface area contributed by atoms with E-state index in [0.29, 0.717) is 6.42 Å². The topological polar surface area (TPSA) is 66.6 Å². The molecular weight excluding hydrogens is 264 g/mol. The van der Waals surface area contributed by atoms with Crippen molar-refractivity contribution >= 4 is 18.3 Å². The second kappa shape index (κ2) is 7.48. The van der Waals surface area contributed by atoms with Crippen molar-refractivity contribution in [2.75, 3.05) is 13.1 Å². The van der Waals surface area contributed by atoms with Gasteiger partial charge in [-0.1, -0.05) is 30.3 Å². The largest absolute Gasteiger partial charge is 0.388 e. The second-order valence-corrected chi connectivity index (χ2v) is 4.75. The van der Waals surface area contributed by atoms with Crippen LogP contribution in [0.15, 0.2) is 30.3 Å². The van der Waals surface area contributed by atoms with Crippen LogP contribution in [-0.2, 0) is 4.79 Å². The predicted octanol–water partition coefficient (Wildman–Crippen LogP) is 1.48. The van der Waals surface area contributed by atoms with Crippen molar-refractivity contribution in [3.8, 4) is 0 Å². The minimum atomic E-state index is -0.512. The number of hydrogen-bond donors (Lipinski definition) is 2. The molecule has 1 saturated heterocycles. The first-order valence-electron chi connectivity index (χ1n) is 6.45. The number of aliphatic hydroxyl groups is 1. The Kier molecular flexibility index (Phi) is 6.28. The first-order valence-corrected chi connectivity index (χ1v) is 6.45. The lowest BCUT2D eigenvalue weighted by Gasteiger charge is -2.26. The molecule has 2 rings (SSSR count). The van der Waals surface area contributed by atoms with Gasteiger partial charge in [0.2, 0.25) is 5.91 Å². The summed E-state index contributed by atoms with van der Waals surface area (Å²) in [5.74, 6) is -0.0160. The van der Waals surface area contributed by atoms with E-state index in [9.17, 15) is 9.90 Å². The van der Waals surface area contributed by atoms with E-state index in [0.717, 1.165) is 24.9 Å². The Hall–Kier alpha value is -1.10. The summed E-state index contributed by atoms with van der Waals surface area (Å²) >= 11 is 0. The fourth-order valence-electron chi connectivity index (χ4n) is 2.60. The average molecular weight is 285 g/mol. The van der Waals surface area contributed by atoms with Gasteiger partial charge in [0.15, 0.2) is 0 Å². The van der Waals surface area contributed by atoms with Crippen molar-refractivity contribution < 1.29 is 9.90 Å². The molecule has 0 aliphatic carbocycles. The third kappa shape index (κ3) is 3.93. The average Bonchev–Trinajstić information content (AvgIpc) is 2.87. The molecule has 1 aliphatic rings. The maximum absolute atomic E-state index is 11.7. The van der Waals surface area contributed by atoms with Gasteiger partial charge in [0.25, 0.3) is 0 Å². The number of carbonyl (C=O) groups is 1. The zero-order valence-corrected chi connectivity index (χ0v) is 11.7. The van der Waals surface area contributed by atoms with E-state index in [1.54, 1.807) is 0 Å². The van der Waals surface area contributed by atoms with Gasteiger partial charge in [-0.25, -0.2) is 0 Å². The lowest BCUT2D eigenvalue weighted by molar-refractivity contribution is -0.130. The molecule has 1 aromatic rings. The van der Waals surface area contributed by atoms with E-state index in [2.05, 4.69) is 0 Å². The molecule has 1 heterocycles. The Morgan fingerprint density at radius 1 is 1.42 bits per heavy atom. The standard InChI is InChI=1S/C14H20N2O2.ClH/c15-10-14(18)16-8-4-7-12(16)9-13(17)11-5-2-1-3-6-11;/h1-3,5-6,12-13,17H,4,7-10,15H2;1H. The summed E-state index contributed by atoms with van der Waals surface area (Å²) in [6, 6.07) is 9.70. The number of nitrogens with two attached hydrogens (primary N) is 1. The van der Waals surface area contributed by atoms with E-state index in [1.165, 1.54) is 0 Å². The van der Waals surface area contributed by atoms with Crippen LogP contribution in [0.5, 0.6) is 0 Å². The van der Waals surface area contributed by atoms with Gasteiger partial charge in [-0.15, -0.1) is 12.4 Å². The molecule has 2 atom stereocenters. The highest BCUT2D eigenvalue weighted by molar-refractivity contribution is 5.85. The third-order valence-electron chi connectivity index (χ3n) is 3.55. The summed E-state index contributed by atoms with van der Waals surface area (Å²) < 4.78 is 0. The summed E-state index contributed by atoms with van der Waals surface area (Å²) in [6.45, 7) is 0.820. The molecule has 0 spiro atoms. The molecular formula is C14H21ClN2O2. The zero-order valence-electron chi connectivity index (χ0n) is 10.9. The molecule has 1 aromatic carbocycles. The number of halogens is 1. The fourth-order valence-corrected chi connectivity index (χ4v) is 2.60. The molecule has 1 fully saturated rings. The third-order valence-corrected chi connectivity index (χ3v) is 3.55. The Morgan fingerprint density at radius 3 is 2.74 bits per heavy atom. The summed E-state index contributed by atoms with van der Waals surface area (Å²) in [5, 5.41) is 10.2. The highest BCUT2D eigenvalue weighted by Crippen LogP contribution is 2.27. The summed E-state index contributed by atoms with van der Waals surface area (Å²) in [5.41, 5.74) is 6.31. The number of benzene rings is 1. The minimum absolute atomic E-state index is 0. The number of nitrogens with zero attached hydrogens (tertiary/aromatic N) is 1. The molecule has 3 N–H and O–H groups in total. The van der Waals surface area contributed by atoms with Gasteiger partial charge in [-0.05, 0) is 24.8 Å². The first-order chi connectivity index (χ1) is 8.72. The van der Waals surface area contributed by atoms with Gasteiger partial charge in [-0.3, -0.25) is 4.79 Å². The number of hydrogen-bond acceptors (Lipinski definition) is 3. The van der Waals surface area contributed by atoms with Crippen LogP contribution in [0.2, 0.25) is 0 Å². The lowest BCUT2D eigenvalue weighted by Crippen LogP contribution is -2.40. The smallest absolute Gasteiger partial charge is 0.236 e. The van der Waals surface area contributed by atoms with Gasteiger partial charge < -0.3 is 15.7 Å². The molecule has 5 heteroatoms. The molecule has 1 amide bonds. The number of aliphatic hydroxyl groups excluding tert-OH is 1. The Balaban J connectivity index is 0.00000180. The Bertz CT molecular complexity index is 400. The quantitative estimate of drug-likeness (QED) is 0.880. The van der Waals surface area contributed by atoms with E-state index < -0.39 is 6.10 Å². The maximum atomic E-state index is 11.7. The van der Waals surface area contributed by atoms with Crippen LogP contribution in [-0.4, -0.2) is 35.0 Å². The van der Waals surface area contributed by atoms with Gasteiger partial charge in [0.1, 0.15) is 0 Å². The number of likely N-dealkylation sites (tertiary alicyclic amines) is 1. The normalized spacial score (nSPS) is 19.9. The summed E-state index contributed by atoms with van der Waals surface area (Å²) in [7, 11) is 0. The number of carbonyl (C=O) groups excluding carboxylic acids is 1. The summed E-state index contributed by atoms with van der Waals surface area (Å²) in [4.78, 5) is 13.5. The van der Waals surface area contributed by atoms with E-state index in [4.69, 9.17) is 5.73 Å². The van der Waals surface area contributed by atoms with Crippen LogP contribution in [0.3, 0.4) is 0 Å². The first kappa shape index (κ1) is 16.0. The van der Waals surface area contributed by atoms with Crippen LogP contribution in [0.4, 0.5) is 0 Å². The van der Waals surface area contributed by atoms with Crippen LogP contribution in [0.1, 0.15) is 30.9 Å². The van der Waals surface area contributed by atoms with Crippen LogP contribution >= 0.6 is 12.4 Å². The molecule has 0 radical (unpaired) electrons. The van der Waals surface area contributed by atoms with Crippen molar-refractivity contribution in [3.63, 3.8) is 0 Å². The minimum Gasteiger partial charge on any atom is -0.388 e. The number of amides is 1. The van der Waals surface area contributed by atoms with Crippen LogP contribution < -0.4 is 5.73 Å². The van der Waals surface area contributed by atoms with Crippen molar-refractivity contribution in [1.82, 2.24) is 4.90 Å². The Morgan fingerprint density at radius 2 is 2.11 bits per heavy atom. The molecule has 2 unspecified atom stereocenters. The predicted molar refractivity (Wildman–Crippen MR) is 77.1 cm³/mol. The Labute approximate surface area is 120 Å². The molecule has 0 bridgehead atoms. The van der Waals surface area contributed by atoms with Crippen molar-refractivity contribution in [1.29, 1.82) is 0 Å². The molecule has 4 nitrogen and oxygen atoms in total. The second-order valence-electron chi connectivity index (χ2n) is 4.75. The van der Waals surface area contributed by atoms with Crippen molar-refractivity contribution in [3.05, 3.63) is 35.9 Å². The zero-order chi connectivity index (χ0) is 13.0. The van der Waals surface area contributed by atoms with Crippen molar-refractivity contribution in [2.45, 2.75) is 31.4 Å². The van der Waals surface area contributed by atoms with Gasteiger partial charge in [0, 0.05) is 12.6 Å². The molecule has 19 heavy (non-hydrogen) atoms. The van der Waals surface area contributed by atoms with E-state index in [1.807, 2.05) is 35.2 Å². The van der Waals surface area contributed by atoms with Crippen molar-refractivity contribution in [2.24, 2.45) is 5.73 Å².